The van der Waals surface area contributed by atoms with Crippen LogP contribution in [0.15, 0.2) is 48.5 Å². The van der Waals surface area contributed by atoms with Crippen molar-refractivity contribution in [3.8, 4) is 11.5 Å². The number of ether oxygens (including phenoxy) is 2. The van der Waals surface area contributed by atoms with Gasteiger partial charge in [-0.3, -0.25) is 9.78 Å². The fraction of sp³-hybridized carbons (Fsp3) is 0.333. The Labute approximate surface area is 169 Å². The molecule has 0 saturated carbocycles. The van der Waals surface area contributed by atoms with E-state index in [4.69, 9.17) is 29.0 Å². The van der Waals surface area contributed by atoms with E-state index >= 15 is 0 Å². The molecule has 0 atom stereocenters. The van der Waals surface area contributed by atoms with E-state index in [1.54, 1.807) is 55.5 Å². The number of benzene rings is 2. The summed E-state index contributed by atoms with van der Waals surface area (Å²) in [6.45, 7) is 6.49. The summed E-state index contributed by atoms with van der Waals surface area (Å²) in [6, 6.07) is 12.8. The van der Waals surface area contributed by atoms with Gasteiger partial charge in [-0.15, -0.1) is 9.78 Å². The van der Waals surface area contributed by atoms with E-state index in [0.29, 0.717) is 24.7 Å². The highest BCUT2D eigenvalue weighted by Gasteiger charge is 2.18. The van der Waals surface area contributed by atoms with Gasteiger partial charge in [0.1, 0.15) is 11.5 Å². The molecule has 0 spiro atoms. The Morgan fingerprint density at radius 2 is 1.07 bits per heavy atom. The van der Waals surface area contributed by atoms with E-state index < -0.39 is 18.2 Å². The molecule has 2 aromatic carbocycles. The molecular weight excluding hydrogens is 380 g/mol. The van der Waals surface area contributed by atoms with Crippen molar-refractivity contribution in [2.24, 2.45) is 0 Å². The molecule has 0 aromatic heterocycles. The lowest BCUT2D eigenvalue weighted by molar-refractivity contribution is -0.420. The van der Waals surface area contributed by atoms with E-state index in [1.807, 2.05) is 13.8 Å². The third kappa shape index (κ3) is 7.10. The van der Waals surface area contributed by atoms with Crippen LogP contribution < -0.4 is 9.47 Å². The van der Waals surface area contributed by atoms with Crippen LogP contribution in [0.25, 0.3) is 0 Å². The van der Waals surface area contributed by atoms with Crippen molar-refractivity contribution < 1.29 is 38.6 Å². The molecule has 0 amide bonds. The first kappa shape index (κ1) is 22.2. The Bertz CT molecular complexity index is 705. The minimum Gasteiger partial charge on any atom is -0.494 e. The first-order chi connectivity index (χ1) is 14.1. The van der Waals surface area contributed by atoms with Gasteiger partial charge in [0.05, 0.1) is 24.3 Å². The van der Waals surface area contributed by atoms with Crippen LogP contribution in [0.5, 0.6) is 11.5 Å². The van der Waals surface area contributed by atoms with Gasteiger partial charge in [0.2, 0.25) is 6.29 Å². The summed E-state index contributed by atoms with van der Waals surface area (Å²) in [4.78, 5) is 43.4. The zero-order valence-electron chi connectivity index (χ0n) is 16.6. The molecule has 0 fully saturated rings. The van der Waals surface area contributed by atoms with Crippen LogP contribution >= 0.6 is 0 Å². The van der Waals surface area contributed by atoms with Gasteiger partial charge in [0, 0.05) is 6.42 Å². The van der Waals surface area contributed by atoms with Gasteiger partial charge in [-0.25, -0.2) is 9.59 Å². The minimum atomic E-state index is -1.08. The second kappa shape index (κ2) is 11.7. The second-order valence-electron chi connectivity index (χ2n) is 5.69. The Morgan fingerprint density at radius 3 is 1.38 bits per heavy atom. The highest BCUT2D eigenvalue weighted by Crippen LogP contribution is 2.15. The van der Waals surface area contributed by atoms with Crippen molar-refractivity contribution in [1.29, 1.82) is 0 Å². The Morgan fingerprint density at radius 1 is 0.690 bits per heavy atom. The summed E-state index contributed by atoms with van der Waals surface area (Å²) in [5.74, 6) is -0.150. The second-order valence-corrected chi connectivity index (χ2v) is 5.69. The van der Waals surface area contributed by atoms with Gasteiger partial charge in [-0.2, -0.15) is 0 Å². The molecule has 0 radical (unpaired) electrons. The Kier molecular flexibility index (Phi) is 8.94. The largest absolute Gasteiger partial charge is 0.494 e. The van der Waals surface area contributed by atoms with Gasteiger partial charge in [-0.05, 0) is 62.4 Å². The average Bonchev–Trinajstić information content (AvgIpc) is 2.75. The maximum Gasteiger partial charge on any atom is 0.373 e. The highest BCUT2D eigenvalue weighted by molar-refractivity contribution is 5.89. The lowest BCUT2D eigenvalue weighted by atomic mass is 10.2. The topological polar surface area (TPSA) is 89.5 Å². The Balaban J connectivity index is 1.80. The molecule has 0 saturated heterocycles. The van der Waals surface area contributed by atoms with E-state index in [9.17, 15) is 9.59 Å². The van der Waals surface area contributed by atoms with E-state index in [1.165, 1.54) is 0 Å². The van der Waals surface area contributed by atoms with Crippen LogP contribution in [0, 0.1) is 0 Å². The summed E-state index contributed by atoms with van der Waals surface area (Å²) in [7, 11) is 0. The first-order valence-electron chi connectivity index (χ1n) is 9.28. The number of carbonyl (C=O) groups excluding carboxylic acids is 2. The summed E-state index contributed by atoms with van der Waals surface area (Å²) < 4.78 is 10.6. The molecule has 0 aliphatic rings. The Hall–Kier alpha value is -3.10. The molecule has 2 aromatic rings. The molecule has 0 aliphatic carbocycles. The van der Waals surface area contributed by atoms with E-state index in [2.05, 4.69) is 0 Å². The fourth-order valence-electron chi connectivity index (χ4n) is 2.15. The molecule has 29 heavy (non-hydrogen) atoms. The van der Waals surface area contributed by atoms with Crippen LogP contribution in [0.3, 0.4) is 0 Å². The van der Waals surface area contributed by atoms with E-state index in [-0.39, 0.29) is 17.5 Å². The van der Waals surface area contributed by atoms with Crippen molar-refractivity contribution >= 4 is 11.9 Å². The van der Waals surface area contributed by atoms with Crippen molar-refractivity contribution in [3.63, 3.8) is 0 Å². The molecule has 8 nitrogen and oxygen atoms in total. The van der Waals surface area contributed by atoms with Gasteiger partial charge in [0.15, 0.2) is 0 Å². The quantitative estimate of drug-likeness (QED) is 0.314. The summed E-state index contributed by atoms with van der Waals surface area (Å²) in [5.41, 5.74) is 0.546. The number of carbonyl (C=O) groups is 2. The normalized spacial score (nSPS) is 10.5. The minimum absolute atomic E-state index is 0.271. The van der Waals surface area contributed by atoms with Gasteiger partial charge >= 0.3 is 11.9 Å². The molecule has 0 unspecified atom stereocenters. The fourth-order valence-corrected chi connectivity index (χ4v) is 2.15. The zero-order valence-corrected chi connectivity index (χ0v) is 16.6. The zero-order chi connectivity index (χ0) is 21.1. The molecule has 0 bridgehead atoms. The molecule has 0 aliphatic heterocycles. The number of hydrogen-bond donors (Lipinski definition) is 0. The van der Waals surface area contributed by atoms with Crippen LogP contribution in [-0.2, 0) is 19.6 Å². The summed E-state index contributed by atoms with van der Waals surface area (Å²) >= 11 is 0. The lowest BCUT2D eigenvalue weighted by Gasteiger charge is -2.13. The highest BCUT2D eigenvalue weighted by atomic mass is 17.3. The molecule has 156 valence electrons. The summed E-state index contributed by atoms with van der Waals surface area (Å²) in [6.07, 6.45) is -0.805. The third-order valence-corrected chi connectivity index (χ3v) is 3.60. The predicted molar refractivity (Wildman–Crippen MR) is 102 cm³/mol. The van der Waals surface area contributed by atoms with Crippen LogP contribution in [-0.4, -0.2) is 31.4 Å². The standard InChI is InChI=1S/C21H24O8/c1-4-19(26-28-20(22)15-7-11-17(12-8-15)24-5-2)27-29-21(23)16-9-13-18(14-10-16)25-6-3/h7-14,19H,4-6H2,1-3H3. The van der Waals surface area contributed by atoms with Crippen molar-refractivity contribution in [2.45, 2.75) is 33.5 Å². The van der Waals surface area contributed by atoms with Crippen LogP contribution in [0.1, 0.15) is 47.9 Å². The lowest BCUT2D eigenvalue weighted by Crippen LogP contribution is -2.21. The van der Waals surface area contributed by atoms with Crippen LogP contribution in [0.2, 0.25) is 0 Å². The van der Waals surface area contributed by atoms with Crippen LogP contribution in [0.4, 0.5) is 0 Å². The van der Waals surface area contributed by atoms with E-state index in [0.717, 1.165) is 0 Å². The smallest absolute Gasteiger partial charge is 0.373 e. The molecular formula is C21H24O8. The molecule has 2 rings (SSSR count). The predicted octanol–water partition coefficient (Wildman–Crippen LogP) is 4.10. The third-order valence-electron chi connectivity index (χ3n) is 3.60. The van der Waals surface area contributed by atoms with Crippen molar-refractivity contribution in [1.82, 2.24) is 0 Å². The molecule has 0 N–H and O–H groups in total. The molecule has 0 heterocycles. The van der Waals surface area contributed by atoms with Crippen molar-refractivity contribution in [3.05, 3.63) is 59.7 Å². The first-order valence-corrected chi connectivity index (χ1v) is 9.28. The van der Waals surface area contributed by atoms with Gasteiger partial charge in [0.25, 0.3) is 0 Å². The maximum absolute atomic E-state index is 12.0. The SMILES string of the molecule is CCOc1ccc(C(=O)OOC(CC)OOC(=O)c2ccc(OCC)cc2)cc1. The maximum atomic E-state index is 12.0. The van der Waals surface area contributed by atoms with Gasteiger partial charge < -0.3 is 9.47 Å². The van der Waals surface area contributed by atoms with Crippen molar-refractivity contribution in [2.75, 3.05) is 13.2 Å². The van der Waals surface area contributed by atoms with Gasteiger partial charge in [-0.1, -0.05) is 6.92 Å². The average molecular weight is 404 g/mol. The monoisotopic (exact) mass is 404 g/mol. The number of hydrogen-bond acceptors (Lipinski definition) is 8. The number of rotatable bonds is 11. The molecule has 8 heteroatoms. The summed E-state index contributed by atoms with van der Waals surface area (Å²) in [5, 5.41) is 0.